The molecule has 0 saturated heterocycles. The van der Waals surface area contributed by atoms with E-state index in [2.05, 4.69) is 12.2 Å². The first kappa shape index (κ1) is 16.9. The summed E-state index contributed by atoms with van der Waals surface area (Å²) in [6.07, 6.45) is 1.77. The molecule has 1 atom stereocenters. The van der Waals surface area contributed by atoms with E-state index < -0.39 is 0 Å². The van der Waals surface area contributed by atoms with Crippen LogP contribution in [0.3, 0.4) is 0 Å². The number of aryl methyl sites for hydroxylation is 1. The summed E-state index contributed by atoms with van der Waals surface area (Å²) < 4.78 is 0. The second kappa shape index (κ2) is 8.25. The second-order valence-electron chi connectivity index (χ2n) is 5.01. The molecule has 0 heterocycles. The highest BCUT2D eigenvalue weighted by Crippen LogP contribution is 2.27. The van der Waals surface area contributed by atoms with Gasteiger partial charge in [0.25, 0.3) is 0 Å². The molecule has 0 saturated carbocycles. The van der Waals surface area contributed by atoms with E-state index in [1.807, 2.05) is 55.5 Å². The number of benzene rings is 2. The maximum absolute atomic E-state index is 12.4. The highest BCUT2D eigenvalue weighted by molar-refractivity contribution is 8.00. The Morgan fingerprint density at radius 2 is 1.73 bits per heavy atom. The first-order valence-electron chi connectivity index (χ1n) is 7.44. The van der Waals surface area contributed by atoms with Crippen LogP contribution in [0.5, 0.6) is 0 Å². The lowest BCUT2D eigenvalue weighted by Gasteiger charge is -2.15. The molecule has 4 heteroatoms. The lowest BCUT2D eigenvalue weighted by molar-refractivity contribution is -0.115. The smallest absolute Gasteiger partial charge is 0.237 e. The molecule has 0 fully saturated rings. The van der Waals surface area contributed by atoms with E-state index in [1.54, 1.807) is 11.8 Å². The number of thioether (sulfide) groups is 1. The summed E-state index contributed by atoms with van der Waals surface area (Å²) in [4.78, 5) is 13.5. The van der Waals surface area contributed by atoms with Crippen LogP contribution in [-0.2, 0) is 11.2 Å². The average molecular weight is 334 g/mol. The molecule has 0 aliphatic rings. The van der Waals surface area contributed by atoms with Crippen molar-refractivity contribution in [1.82, 2.24) is 0 Å². The molecule has 0 spiro atoms. The third-order valence-electron chi connectivity index (χ3n) is 3.38. The molecular weight excluding hydrogens is 314 g/mol. The fourth-order valence-electron chi connectivity index (χ4n) is 2.05. The Morgan fingerprint density at radius 3 is 2.27 bits per heavy atom. The minimum Gasteiger partial charge on any atom is -0.325 e. The first-order valence-corrected chi connectivity index (χ1v) is 8.70. The van der Waals surface area contributed by atoms with Crippen molar-refractivity contribution in [2.75, 3.05) is 5.32 Å². The number of carbonyl (C=O) groups is 1. The van der Waals surface area contributed by atoms with Crippen molar-refractivity contribution < 1.29 is 4.79 Å². The molecule has 2 aromatic rings. The second-order valence-corrected chi connectivity index (χ2v) is 6.72. The van der Waals surface area contributed by atoms with E-state index in [-0.39, 0.29) is 11.2 Å². The Kier molecular flexibility index (Phi) is 6.34. The Hall–Kier alpha value is -1.45. The molecule has 0 unspecified atom stereocenters. The van der Waals surface area contributed by atoms with Gasteiger partial charge in [-0.1, -0.05) is 37.6 Å². The summed E-state index contributed by atoms with van der Waals surface area (Å²) in [5.41, 5.74) is 2.11. The summed E-state index contributed by atoms with van der Waals surface area (Å²) >= 11 is 7.45. The van der Waals surface area contributed by atoms with Gasteiger partial charge in [-0.25, -0.2) is 0 Å². The topological polar surface area (TPSA) is 29.1 Å². The zero-order valence-corrected chi connectivity index (χ0v) is 14.4. The Labute approximate surface area is 141 Å². The normalized spacial score (nSPS) is 12.0. The Balaban J connectivity index is 1.99. The van der Waals surface area contributed by atoms with Crippen molar-refractivity contribution in [1.29, 1.82) is 0 Å². The van der Waals surface area contributed by atoms with Crippen LogP contribution in [0.4, 0.5) is 5.69 Å². The van der Waals surface area contributed by atoms with Crippen LogP contribution in [0, 0.1) is 0 Å². The number of halogens is 1. The van der Waals surface area contributed by atoms with Crippen molar-refractivity contribution in [3.63, 3.8) is 0 Å². The lowest BCUT2D eigenvalue weighted by Crippen LogP contribution is -2.24. The number of hydrogen-bond acceptors (Lipinski definition) is 2. The molecule has 1 amide bonds. The average Bonchev–Trinajstić information content (AvgIpc) is 2.55. The molecular formula is C18H20ClNOS. The van der Waals surface area contributed by atoms with Gasteiger partial charge in [0, 0.05) is 15.6 Å². The van der Waals surface area contributed by atoms with Crippen LogP contribution in [0.2, 0.25) is 5.02 Å². The van der Waals surface area contributed by atoms with Gasteiger partial charge in [0.15, 0.2) is 0 Å². The maximum Gasteiger partial charge on any atom is 0.237 e. The molecule has 0 aliphatic heterocycles. The fraction of sp³-hybridized carbons (Fsp3) is 0.278. The number of hydrogen-bond donors (Lipinski definition) is 1. The molecule has 2 rings (SSSR count). The quantitative estimate of drug-likeness (QED) is 0.716. The maximum atomic E-state index is 12.4. The molecule has 2 nitrogen and oxygen atoms in total. The number of carbonyl (C=O) groups excluding carboxylic acids is 1. The van der Waals surface area contributed by atoms with Gasteiger partial charge in [0.2, 0.25) is 5.91 Å². The minimum absolute atomic E-state index is 0.0340. The number of rotatable bonds is 6. The summed E-state index contributed by atoms with van der Waals surface area (Å²) in [6, 6.07) is 15.6. The number of anilines is 1. The zero-order chi connectivity index (χ0) is 15.9. The molecule has 0 aromatic heterocycles. The fourth-order valence-corrected chi connectivity index (χ4v) is 3.13. The largest absolute Gasteiger partial charge is 0.325 e. The van der Waals surface area contributed by atoms with Gasteiger partial charge in [-0.15, -0.1) is 11.8 Å². The standard InChI is InChI=1S/C18H20ClNOS/c1-3-13-5-9-15(10-6-13)20-18(21)17(4-2)22-16-11-7-14(19)8-12-16/h5-12,17H,3-4H2,1-2H3,(H,20,21)/t17-/m1/s1. The summed E-state index contributed by atoms with van der Waals surface area (Å²) in [7, 11) is 0. The van der Waals surface area contributed by atoms with Crippen LogP contribution >= 0.6 is 23.4 Å². The predicted molar refractivity (Wildman–Crippen MR) is 95.8 cm³/mol. The van der Waals surface area contributed by atoms with Gasteiger partial charge < -0.3 is 5.32 Å². The number of amides is 1. The van der Waals surface area contributed by atoms with Gasteiger partial charge in [-0.05, 0) is 54.8 Å². The minimum atomic E-state index is -0.118. The van der Waals surface area contributed by atoms with Gasteiger partial charge in [-0.2, -0.15) is 0 Å². The van der Waals surface area contributed by atoms with Crippen LogP contribution in [0.25, 0.3) is 0 Å². The zero-order valence-electron chi connectivity index (χ0n) is 12.8. The van der Waals surface area contributed by atoms with Crippen molar-refractivity contribution in [3.05, 3.63) is 59.1 Å². The van der Waals surface area contributed by atoms with E-state index in [1.165, 1.54) is 5.56 Å². The first-order chi connectivity index (χ1) is 10.6. The molecule has 0 aliphatic carbocycles. The third-order valence-corrected chi connectivity index (χ3v) is 5.01. The number of nitrogens with one attached hydrogen (secondary N) is 1. The predicted octanol–water partition coefficient (Wildman–Crippen LogP) is 5.41. The van der Waals surface area contributed by atoms with E-state index in [9.17, 15) is 4.79 Å². The van der Waals surface area contributed by atoms with E-state index in [0.717, 1.165) is 23.4 Å². The highest BCUT2D eigenvalue weighted by Gasteiger charge is 2.18. The molecule has 2 aromatic carbocycles. The molecule has 1 N–H and O–H groups in total. The molecule has 22 heavy (non-hydrogen) atoms. The molecule has 0 radical (unpaired) electrons. The van der Waals surface area contributed by atoms with E-state index >= 15 is 0 Å². The summed E-state index contributed by atoms with van der Waals surface area (Å²) in [5, 5.41) is 3.58. The van der Waals surface area contributed by atoms with Gasteiger partial charge in [0.05, 0.1) is 5.25 Å². The van der Waals surface area contributed by atoms with Gasteiger partial charge in [0.1, 0.15) is 0 Å². The van der Waals surface area contributed by atoms with Crippen LogP contribution in [0.15, 0.2) is 53.4 Å². The van der Waals surface area contributed by atoms with Crippen molar-refractivity contribution in [2.24, 2.45) is 0 Å². The SMILES string of the molecule is CCc1ccc(NC(=O)[C@@H](CC)Sc2ccc(Cl)cc2)cc1. The van der Waals surface area contributed by atoms with Gasteiger partial charge >= 0.3 is 0 Å². The van der Waals surface area contributed by atoms with Crippen LogP contribution < -0.4 is 5.32 Å². The monoisotopic (exact) mass is 333 g/mol. The summed E-state index contributed by atoms with van der Waals surface area (Å²) in [6.45, 7) is 4.14. The molecule has 116 valence electrons. The third kappa shape index (κ3) is 4.79. The lowest BCUT2D eigenvalue weighted by atomic mass is 10.1. The Bertz CT molecular complexity index is 610. The van der Waals surface area contributed by atoms with Crippen LogP contribution in [-0.4, -0.2) is 11.2 Å². The molecule has 0 bridgehead atoms. The highest BCUT2D eigenvalue weighted by atomic mass is 35.5. The van der Waals surface area contributed by atoms with Gasteiger partial charge in [-0.3, -0.25) is 4.79 Å². The van der Waals surface area contributed by atoms with Crippen molar-refractivity contribution in [3.8, 4) is 0 Å². The van der Waals surface area contributed by atoms with Crippen LogP contribution in [0.1, 0.15) is 25.8 Å². The van der Waals surface area contributed by atoms with Crippen molar-refractivity contribution >= 4 is 35.0 Å². The van der Waals surface area contributed by atoms with Crippen molar-refractivity contribution in [2.45, 2.75) is 36.8 Å². The van der Waals surface area contributed by atoms with E-state index in [4.69, 9.17) is 11.6 Å². The van der Waals surface area contributed by atoms with E-state index in [0.29, 0.717) is 5.02 Å². The summed E-state index contributed by atoms with van der Waals surface area (Å²) in [5.74, 6) is 0.0340. The Morgan fingerprint density at radius 1 is 1.09 bits per heavy atom.